The van der Waals surface area contributed by atoms with Crippen molar-refractivity contribution in [2.24, 2.45) is 0 Å². The standard InChI is InChI=1S/C66H59N4O.Pt/c1-64(2,3)47-33-31-46(32-34-47)53-27-20-26-52(44-21-12-10-13-22-44)63(53)69-43-68(59-29-18-19-30-60(59)69)49-37-48(65(4,5)6)38-51(39-49)71-50-35-36-55-54-25-16-17-28-58(54)70(61(55)40-50)62-41-57(66(7,8)9)56(42-67-62)45-23-14-11-15-24-45;/h10-38,41-43H,1-9H3;/q-3;. The van der Waals surface area contributed by atoms with Gasteiger partial charge in [0.15, 0.2) is 0 Å². The van der Waals surface area contributed by atoms with Crippen LogP contribution in [0.15, 0.2) is 188 Å². The van der Waals surface area contributed by atoms with E-state index in [1.165, 1.54) is 11.1 Å². The average molecular weight is 1120 g/mol. The predicted molar refractivity (Wildman–Crippen MR) is 297 cm³/mol. The average Bonchev–Trinajstić information content (AvgIpc) is 3.92. The Morgan fingerprint density at radius 2 is 1.06 bits per heavy atom. The first-order chi connectivity index (χ1) is 34.1. The number of hydrogen-bond acceptors (Lipinski definition) is 4. The first-order valence-corrected chi connectivity index (χ1v) is 24.7. The SMILES string of the molecule is CC(C)(C)c1ccc(-c2cccc(-c3ccccc3)c2N2[CH-]N(c3[c-]c(Oc4[c-]c5c(cc4)c4ccccc4n5-c4cc(C(C)(C)C)c(-c5ccccc5)cn4)cc(C(C)(C)C)c3)c3ccccc32)cc1.[Pt]. The Morgan fingerprint density at radius 3 is 1.69 bits per heavy atom. The van der Waals surface area contributed by atoms with Crippen LogP contribution in [0.25, 0.3) is 61.0 Å². The number of aromatic nitrogens is 2. The molecule has 0 amide bonds. The molecule has 2 aromatic heterocycles. The third-order valence-electron chi connectivity index (χ3n) is 13.8. The summed E-state index contributed by atoms with van der Waals surface area (Å²) in [7, 11) is 0. The van der Waals surface area contributed by atoms with Crippen molar-refractivity contribution < 1.29 is 25.8 Å². The third kappa shape index (κ3) is 9.05. The molecule has 0 aliphatic carbocycles. The van der Waals surface area contributed by atoms with Gasteiger partial charge >= 0.3 is 0 Å². The van der Waals surface area contributed by atoms with E-state index < -0.39 is 0 Å². The number of fused-ring (bicyclic) bond motifs is 4. The molecule has 0 fully saturated rings. The van der Waals surface area contributed by atoms with Crippen LogP contribution in [0.3, 0.4) is 0 Å². The largest absolute Gasteiger partial charge is 0.509 e. The topological polar surface area (TPSA) is 33.5 Å². The molecule has 0 atom stereocenters. The van der Waals surface area contributed by atoms with Gasteiger partial charge in [-0.05, 0) is 73.7 Å². The number of hydrogen-bond donors (Lipinski definition) is 0. The van der Waals surface area contributed by atoms with Crippen molar-refractivity contribution in [3.05, 3.63) is 224 Å². The van der Waals surface area contributed by atoms with Crippen LogP contribution in [0.2, 0.25) is 0 Å². The Balaban J connectivity index is 0.00000596. The smallest absolute Gasteiger partial charge is 0.135 e. The maximum atomic E-state index is 6.95. The molecule has 362 valence electrons. The van der Waals surface area contributed by atoms with Crippen LogP contribution >= 0.6 is 0 Å². The van der Waals surface area contributed by atoms with E-state index in [4.69, 9.17) is 9.72 Å². The van der Waals surface area contributed by atoms with Crippen LogP contribution in [0.1, 0.15) is 79.0 Å². The molecule has 11 rings (SSSR count). The van der Waals surface area contributed by atoms with Crippen LogP contribution < -0.4 is 14.5 Å². The molecule has 1 aliphatic heterocycles. The first kappa shape index (κ1) is 48.4. The van der Waals surface area contributed by atoms with Crippen molar-refractivity contribution in [3.63, 3.8) is 0 Å². The van der Waals surface area contributed by atoms with Gasteiger partial charge in [-0.2, -0.15) is 6.07 Å². The van der Waals surface area contributed by atoms with E-state index in [0.29, 0.717) is 11.5 Å². The number of para-hydroxylation sites is 4. The van der Waals surface area contributed by atoms with E-state index in [-0.39, 0.29) is 37.3 Å². The number of benzene rings is 8. The Hall–Kier alpha value is -7.20. The summed E-state index contributed by atoms with van der Waals surface area (Å²) in [5.74, 6) is 2.04. The van der Waals surface area contributed by atoms with Gasteiger partial charge < -0.3 is 19.1 Å². The second kappa shape index (κ2) is 18.8. The van der Waals surface area contributed by atoms with Crippen LogP contribution in [-0.2, 0) is 37.3 Å². The molecule has 1 aliphatic rings. The van der Waals surface area contributed by atoms with Gasteiger partial charge in [-0.15, -0.1) is 53.6 Å². The van der Waals surface area contributed by atoms with Crippen LogP contribution in [0, 0.1) is 18.8 Å². The molecule has 5 nitrogen and oxygen atoms in total. The maximum absolute atomic E-state index is 6.95. The molecule has 3 heterocycles. The summed E-state index contributed by atoms with van der Waals surface area (Å²) in [6, 6.07) is 72.5. The molecule has 10 aromatic rings. The molecule has 0 radical (unpaired) electrons. The van der Waals surface area contributed by atoms with E-state index in [1.54, 1.807) is 0 Å². The van der Waals surface area contributed by atoms with E-state index >= 15 is 0 Å². The second-order valence-electron chi connectivity index (χ2n) is 21.9. The minimum atomic E-state index is -0.199. The maximum Gasteiger partial charge on any atom is 0.135 e. The zero-order valence-electron chi connectivity index (χ0n) is 42.5. The zero-order chi connectivity index (χ0) is 49.2. The van der Waals surface area contributed by atoms with Crippen molar-refractivity contribution in [2.75, 3.05) is 9.80 Å². The van der Waals surface area contributed by atoms with Gasteiger partial charge in [-0.1, -0.05) is 201 Å². The minimum absolute atomic E-state index is 0. The van der Waals surface area contributed by atoms with E-state index in [2.05, 4.69) is 271 Å². The normalized spacial score (nSPS) is 12.8. The Morgan fingerprint density at radius 1 is 0.472 bits per heavy atom. The first-order valence-electron chi connectivity index (χ1n) is 24.7. The molecule has 8 aromatic carbocycles. The monoisotopic (exact) mass is 1120 g/mol. The molecule has 0 N–H and O–H groups in total. The fourth-order valence-corrected chi connectivity index (χ4v) is 9.99. The van der Waals surface area contributed by atoms with Crippen LogP contribution in [0.4, 0.5) is 22.7 Å². The predicted octanol–water partition coefficient (Wildman–Crippen LogP) is 17.9. The summed E-state index contributed by atoms with van der Waals surface area (Å²) in [6.07, 6.45) is 2.03. The van der Waals surface area contributed by atoms with Gasteiger partial charge in [0.05, 0.1) is 0 Å². The molecular weight excluding hydrogens is 1060 g/mol. The van der Waals surface area contributed by atoms with Crippen molar-refractivity contribution in [3.8, 4) is 50.7 Å². The number of rotatable bonds is 8. The van der Waals surface area contributed by atoms with Crippen molar-refractivity contribution in [1.29, 1.82) is 0 Å². The van der Waals surface area contributed by atoms with Gasteiger partial charge in [-0.3, -0.25) is 0 Å². The van der Waals surface area contributed by atoms with E-state index in [9.17, 15) is 0 Å². The quantitative estimate of drug-likeness (QED) is 0.142. The Kier molecular flexibility index (Phi) is 12.6. The van der Waals surface area contributed by atoms with Crippen LogP contribution in [-0.4, -0.2) is 9.55 Å². The summed E-state index contributed by atoms with van der Waals surface area (Å²) in [6.45, 7) is 22.6. The van der Waals surface area contributed by atoms with Gasteiger partial charge in [-0.25, -0.2) is 4.98 Å². The van der Waals surface area contributed by atoms with Crippen molar-refractivity contribution in [2.45, 2.75) is 78.6 Å². The molecule has 6 heteroatoms. The zero-order valence-corrected chi connectivity index (χ0v) is 44.8. The van der Waals surface area contributed by atoms with Crippen LogP contribution in [0.5, 0.6) is 11.5 Å². The van der Waals surface area contributed by atoms with Gasteiger partial charge in [0.1, 0.15) is 5.82 Å². The summed E-state index contributed by atoms with van der Waals surface area (Å²) in [5, 5.41) is 2.21. The molecule has 0 unspecified atom stereocenters. The van der Waals surface area contributed by atoms with Gasteiger partial charge in [0.25, 0.3) is 0 Å². The summed E-state index contributed by atoms with van der Waals surface area (Å²) in [4.78, 5) is 9.78. The Bertz CT molecular complexity index is 3600. The second-order valence-corrected chi connectivity index (χ2v) is 21.9. The number of nitrogens with zero attached hydrogens (tertiary/aromatic N) is 4. The van der Waals surface area contributed by atoms with Crippen molar-refractivity contribution >= 4 is 44.6 Å². The fourth-order valence-electron chi connectivity index (χ4n) is 9.99. The molecule has 0 saturated heterocycles. The molecule has 0 bridgehead atoms. The number of ether oxygens (including phenoxy) is 1. The summed E-state index contributed by atoms with van der Waals surface area (Å²) in [5.41, 5.74) is 16.3. The minimum Gasteiger partial charge on any atom is -0.509 e. The molecule has 0 saturated carbocycles. The molecular formula is C66H59N4OPt-3. The molecule has 0 spiro atoms. The van der Waals surface area contributed by atoms with Gasteiger partial charge in [0.2, 0.25) is 0 Å². The van der Waals surface area contributed by atoms with Gasteiger partial charge in [0, 0.05) is 78.0 Å². The Labute approximate surface area is 440 Å². The molecule has 72 heavy (non-hydrogen) atoms. The summed E-state index contributed by atoms with van der Waals surface area (Å²) >= 11 is 0. The van der Waals surface area contributed by atoms with Crippen molar-refractivity contribution in [1.82, 2.24) is 9.55 Å². The third-order valence-corrected chi connectivity index (χ3v) is 13.8. The summed E-state index contributed by atoms with van der Waals surface area (Å²) < 4.78 is 9.18. The number of anilines is 4. The van der Waals surface area contributed by atoms with E-state index in [1.807, 2.05) is 12.3 Å². The fraction of sp³-hybridized carbons (Fsp3) is 0.182. The van der Waals surface area contributed by atoms with E-state index in [0.717, 1.165) is 89.3 Å². The number of pyridine rings is 1.